The van der Waals surface area contributed by atoms with Crippen molar-refractivity contribution in [1.29, 1.82) is 0 Å². The summed E-state index contributed by atoms with van der Waals surface area (Å²) >= 11 is 5.97. The first-order valence-electron chi connectivity index (χ1n) is 7.92. The van der Waals surface area contributed by atoms with Crippen LogP contribution >= 0.6 is 24.0 Å². The van der Waals surface area contributed by atoms with Crippen molar-refractivity contribution in [2.24, 2.45) is 0 Å². The van der Waals surface area contributed by atoms with Crippen molar-refractivity contribution in [2.75, 3.05) is 20.1 Å². The number of aryl methyl sites for hydroxylation is 1. The fourth-order valence-corrected chi connectivity index (χ4v) is 3.42. The lowest BCUT2D eigenvalue weighted by Crippen LogP contribution is -2.38. The molecule has 1 N–H and O–H groups in total. The van der Waals surface area contributed by atoms with Gasteiger partial charge in [0, 0.05) is 41.7 Å². The summed E-state index contributed by atoms with van der Waals surface area (Å²) in [6, 6.07) is 9.94. The zero-order chi connectivity index (χ0) is 16.6. The first-order chi connectivity index (χ1) is 11.0. The minimum absolute atomic E-state index is 0. The van der Waals surface area contributed by atoms with E-state index in [1.807, 2.05) is 56.1 Å². The highest BCUT2D eigenvalue weighted by atomic mass is 35.5. The molecular formula is C18H23Cl2N3O. The number of likely N-dealkylation sites (N-methyl/N-ethyl adjacent to an activating group) is 1. The van der Waals surface area contributed by atoms with Crippen molar-refractivity contribution in [3.8, 4) is 5.69 Å². The van der Waals surface area contributed by atoms with Crippen LogP contribution in [0.15, 0.2) is 30.3 Å². The Bertz CT molecular complexity index is 719. The van der Waals surface area contributed by atoms with Crippen LogP contribution in [0.2, 0.25) is 5.02 Å². The molecule has 1 unspecified atom stereocenters. The summed E-state index contributed by atoms with van der Waals surface area (Å²) in [6.45, 7) is 5.87. The van der Waals surface area contributed by atoms with Gasteiger partial charge in [-0.15, -0.1) is 12.4 Å². The van der Waals surface area contributed by atoms with Crippen LogP contribution in [-0.2, 0) is 0 Å². The number of nitrogens with one attached hydrogen (secondary N) is 1. The highest BCUT2D eigenvalue weighted by molar-refractivity contribution is 6.30. The van der Waals surface area contributed by atoms with Crippen LogP contribution in [0.3, 0.4) is 0 Å². The standard InChI is InChI=1S/C18H22ClN3O.ClH/c1-12-10-17(18(23)21(3)16-8-9-20-11-16)13(2)22(12)15-6-4-14(19)5-7-15;/h4-7,10,16,20H,8-9,11H2,1-3H3;1H. The summed E-state index contributed by atoms with van der Waals surface area (Å²) in [4.78, 5) is 14.7. The van der Waals surface area contributed by atoms with Gasteiger partial charge in [0.25, 0.3) is 5.91 Å². The van der Waals surface area contributed by atoms with E-state index in [1.165, 1.54) is 0 Å². The van der Waals surface area contributed by atoms with Crippen LogP contribution in [0.4, 0.5) is 0 Å². The average molecular weight is 368 g/mol. The summed E-state index contributed by atoms with van der Waals surface area (Å²) in [7, 11) is 1.90. The van der Waals surface area contributed by atoms with Gasteiger partial charge < -0.3 is 14.8 Å². The van der Waals surface area contributed by atoms with Crippen LogP contribution in [-0.4, -0.2) is 41.6 Å². The number of rotatable bonds is 3. The van der Waals surface area contributed by atoms with Crippen molar-refractivity contribution in [3.63, 3.8) is 0 Å². The molecule has 2 heterocycles. The van der Waals surface area contributed by atoms with E-state index >= 15 is 0 Å². The molecule has 0 saturated carbocycles. The van der Waals surface area contributed by atoms with Gasteiger partial charge in [0.05, 0.1) is 5.56 Å². The summed E-state index contributed by atoms with van der Waals surface area (Å²) in [5.74, 6) is 0.0898. The molecule has 0 aliphatic carbocycles. The van der Waals surface area contributed by atoms with Crippen LogP contribution in [0, 0.1) is 13.8 Å². The lowest BCUT2D eigenvalue weighted by atomic mass is 10.1. The Balaban J connectivity index is 0.00000208. The maximum Gasteiger partial charge on any atom is 0.255 e. The second-order valence-electron chi connectivity index (χ2n) is 6.16. The van der Waals surface area contributed by atoms with E-state index < -0.39 is 0 Å². The Morgan fingerprint density at radius 2 is 1.96 bits per heavy atom. The summed E-state index contributed by atoms with van der Waals surface area (Å²) < 4.78 is 2.10. The van der Waals surface area contributed by atoms with Gasteiger partial charge in [0.1, 0.15) is 0 Å². The lowest BCUT2D eigenvalue weighted by molar-refractivity contribution is 0.0743. The quantitative estimate of drug-likeness (QED) is 0.899. The van der Waals surface area contributed by atoms with Gasteiger partial charge in [0.15, 0.2) is 0 Å². The van der Waals surface area contributed by atoms with Gasteiger partial charge in [-0.1, -0.05) is 11.6 Å². The fourth-order valence-electron chi connectivity index (χ4n) is 3.29. The first kappa shape index (κ1) is 18.8. The van der Waals surface area contributed by atoms with E-state index in [0.29, 0.717) is 5.02 Å². The van der Waals surface area contributed by atoms with Gasteiger partial charge in [-0.2, -0.15) is 0 Å². The number of amides is 1. The third-order valence-electron chi connectivity index (χ3n) is 4.65. The van der Waals surface area contributed by atoms with Crippen LogP contribution in [0.1, 0.15) is 28.2 Å². The molecule has 4 nitrogen and oxygen atoms in total. The number of benzene rings is 1. The van der Waals surface area contributed by atoms with Crippen LogP contribution < -0.4 is 5.32 Å². The molecule has 1 aliphatic heterocycles. The van der Waals surface area contributed by atoms with Gasteiger partial charge in [0.2, 0.25) is 0 Å². The molecule has 1 aromatic heterocycles. The third-order valence-corrected chi connectivity index (χ3v) is 4.90. The highest BCUT2D eigenvalue weighted by Gasteiger charge is 2.26. The zero-order valence-corrected chi connectivity index (χ0v) is 15.7. The molecule has 1 atom stereocenters. The van der Waals surface area contributed by atoms with E-state index in [9.17, 15) is 4.79 Å². The van der Waals surface area contributed by atoms with Crippen LogP contribution in [0.5, 0.6) is 0 Å². The molecule has 1 amide bonds. The van der Waals surface area contributed by atoms with E-state index in [2.05, 4.69) is 9.88 Å². The SMILES string of the molecule is Cc1cc(C(=O)N(C)C2CCNC2)c(C)n1-c1ccc(Cl)cc1.Cl. The number of hydrogen-bond donors (Lipinski definition) is 1. The smallest absolute Gasteiger partial charge is 0.255 e. The van der Waals surface area contributed by atoms with Crippen LogP contribution in [0.25, 0.3) is 5.69 Å². The van der Waals surface area contributed by atoms with Crippen molar-refractivity contribution in [1.82, 2.24) is 14.8 Å². The zero-order valence-electron chi connectivity index (χ0n) is 14.2. The summed E-state index contributed by atoms with van der Waals surface area (Å²) in [5.41, 5.74) is 3.80. The number of halogens is 2. The normalized spacial score (nSPS) is 16.8. The minimum Gasteiger partial charge on any atom is -0.337 e. The number of carbonyl (C=O) groups excluding carboxylic acids is 1. The number of carbonyl (C=O) groups is 1. The number of aromatic nitrogens is 1. The molecule has 1 aliphatic rings. The molecule has 0 bridgehead atoms. The minimum atomic E-state index is 0. The van der Waals surface area contributed by atoms with E-state index in [-0.39, 0.29) is 24.4 Å². The Kier molecular flexibility index (Phi) is 5.97. The lowest BCUT2D eigenvalue weighted by Gasteiger charge is -2.23. The van der Waals surface area contributed by atoms with Gasteiger partial charge in [-0.05, 0) is 57.1 Å². The molecule has 2 aromatic rings. The molecular weight excluding hydrogens is 345 g/mol. The largest absolute Gasteiger partial charge is 0.337 e. The summed E-state index contributed by atoms with van der Waals surface area (Å²) in [6.07, 6.45) is 1.01. The second kappa shape index (κ2) is 7.60. The highest BCUT2D eigenvalue weighted by Crippen LogP contribution is 2.24. The van der Waals surface area contributed by atoms with Gasteiger partial charge >= 0.3 is 0 Å². The Hall–Kier alpha value is -1.49. The Morgan fingerprint density at radius 1 is 1.29 bits per heavy atom. The van der Waals surface area contributed by atoms with E-state index in [0.717, 1.165) is 42.1 Å². The molecule has 24 heavy (non-hydrogen) atoms. The van der Waals surface area contributed by atoms with Gasteiger partial charge in [-0.3, -0.25) is 4.79 Å². The molecule has 130 valence electrons. The molecule has 1 aromatic carbocycles. The van der Waals surface area contributed by atoms with E-state index in [4.69, 9.17) is 11.6 Å². The summed E-state index contributed by atoms with van der Waals surface area (Å²) in [5, 5.41) is 4.02. The second-order valence-corrected chi connectivity index (χ2v) is 6.60. The number of nitrogens with zero attached hydrogens (tertiary/aromatic N) is 2. The maximum absolute atomic E-state index is 12.9. The molecule has 1 fully saturated rings. The fraction of sp³-hybridized carbons (Fsp3) is 0.389. The van der Waals surface area contributed by atoms with E-state index in [1.54, 1.807) is 0 Å². The van der Waals surface area contributed by atoms with Gasteiger partial charge in [-0.25, -0.2) is 0 Å². The molecule has 6 heteroatoms. The molecule has 1 saturated heterocycles. The van der Waals surface area contributed by atoms with Crippen molar-refractivity contribution in [2.45, 2.75) is 26.3 Å². The van der Waals surface area contributed by atoms with Crippen molar-refractivity contribution in [3.05, 3.63) is 52.3 Å². The monoisotopic (exact) mass is 367 g/mol. The Labute approximate surface area is 154 Å². The van der Waals surface area contributed by atoms with Crippen molar-refractivity contribution < 1.29 is 4.79 Å². The Morgan fingerprint density at radius 3 is 2.54 bits per heavy atom. The number of hydrogen-bond acceptors (Lipinski definition) is 2. The molecule has 0 spiro atoms. The third kappa shape index (κ3) is 3.46. The predicted octanol–water partition coefficient (Wildman–Crippen LogP) is 3.60. The first-order valence-corrected chi connectivity index (χ1v) is 8.29. The maximum atomic E-state index is 12.9. The predicted molar refractivity (Wildman–Crippen MR) is 101 cm³/mol. The molecule has 3 rings (SSSR count). The molecule has 0 radical (unpaired) electrons. The average Bonchev–Trinajstić information content (AvgIpc) is 3.16. The topological polar surface area (TPSA) is 37.3 Å². The van der Waals surface area contributed by atoms with Crippen molar-refractivity contribution >= 4 is 29.9 Å².